The van der Waals surface area contributed by atoms with Crippen molar-refractivity contribution in [1.29, 1.82) is 0 Å². The van der Waals surface area contributed by atoms with Crippen molar-refractivity contribution < 1.29 is 0 Å². The Bertz CT molecular complexity index is 243. The van der Waals surface area contributed by atoms with Gasteiger partial charge in [0, 0.05) is 6.04 Å². The first-order valence-corrected chi connectivity index (χ1v) is 5.12. The highest BCUT2D eigenvalue weighted by Gasteiger charge is 2.03. The second kappa shape index (κ2) is 6.86. The van der Waals surface area contributed by atoms with E-state index in [1.165, 1.54) is 11.1 Å². The minimum absolute atomic E-state index is 0. The number of hydrogen-bond acceptors (Lipinski definition) is 1. The van der Waals surface area contributed by atoms with Crippen LogP contribution in [-0.2, 0) is 6.42 Å². The van der Waals surface area contributed by atoms with E-state index in [9.17, 15) is 0 Å². The number of halogens is 1. The SMILES string of the molecule is CCC[C@@H](N)c1ccc(CC)cc1.Cl. The summed E-state index contributed by atoms with van der Waals surface area (Å²) in [7, 11) is 0. The molecule has 0 heterocycles. The molecule has 1 atom stereocenters. The average molecular weight is 214 g/mol. The smallest absolute Gasteiger partial charge is 0.0294 e. The molecule has 1 nitrogen and oxygen atoms in total. The molecular weight excluding hydrogens is 194 g/mol. The van der Waals surface area contributed by atoms with Gasteiger partial charge < -0.3 is 5.73 Å². The molecule has 0 amide bonds. The van der Waals surface area contributed by atoms with E-state index >= 15 is 0 Å². The minimum atomic E-state index is 0. The molecule has 0 spiro atoms. The molecule has 0 aromatic heterocycles. The molecule has 0 unspecified atom stereocenters. The van der Waals surface area contributed by atoms with Crippen LogP contribution in [0.5, 0.6) is 0 Å². The van der Waals surface area contributed by atoms with Crippen LogP contribution in [-0.4, -0.2) is 0 Å². The van der Waals surface area contributed by atoms with Crippen molar-refractivity contribution in [3.63, 3.8) is 0 Å². The molecule has 0 aliphatic carbocycles. The zero-order chi connectivity index (χ0) is 9.68. The van der Waals surface area contributed by atoms with Gasteiger partial charge in [-0.1, -0.05) is 44.5 Å². The predicted molar refractivity (Wildman–Crippen MR) is 64.9 cm³/mol. The zero-order valence-corrected chi connectivity index (χ0v) is 9.81. The summed E-state index contributed by atoms with van der Waals surface area (Å²) < 4.78 is 0. The summed E-state index contributed by atoms with van der Waals surface area (Å²) in [4.78, 5) is 0. The summed E-state index contributed by atoms with van der Waals surface area (Å²) in [6.07, 6.45) is 3.32. The van der Waals surface area contributed by atoms with E-state index in [4.69, 9.17) is 5.73 Å². The molecule has 2 heteroatoms. The summed E-state index contributed by atoms with van der Waals surface area (Å²) >= 11 is 0. The fourth-order valence-corrected chi connectivity index (χ4v) is 1.48. The van der Waals surface area contributed by atoms with E-state index in [1.54, 1.807) is 0 Å². The largest absolute Gasteiger partial charge is 0.324 e. The molecule has 1 aromatic rings. The third kappa shape index (κ3) is 3.69. The molecule has 0 radical (unpaired) electrons. The highest BCUT2D eigenvalue weighted by Crippen LogP contribution is 2.16. The van der Waals surface area contributed by atoms with E-state index < -0.39 is 0 Å². The third-order valence-corrected chi connectivity index (χ3v) is 2.42. The molecule has 0 bridgehead atoms. The molecule has 0 aliphatic rings. The second-order valence-corrected chi connectivity index (χ2v) is 3.49. The lowest BCUT2D eigenvalue weighted by Gasteiger charge is -2.10. The van der Waals surface area contributed by atoms with Gasteiger partial charge >= 0.3 is 0 Å². The summed E-state index contributed by atoms with van der Waals surface area (Å²) in [6, 6.07) is 8.87. The fourth-order valence-electron chi connectivity index (χ4n) is 1.48. The van der Waals surface area contributed by atoms with Crippen LogP contribution in [0.15, 0.2) is 24.3 Å². The van der Waals surface area contributed by atoms with Crippen molar-refractivity contribution in [3.05, 3.63) is 35.4 Å². The normalized spacial score (nSPS) is 11.9. The number of benzene rings is 1. The van der Waals surface area contributed by atoms with E-state index in [0.29, 0.717) is 0 Å². The van der Waals surface area contributed by atoms with Crippen molar-refractivity contribution in [3.8, 4) is 0 Å². The molecule has 0 fully saturated rings. The maximum atomic E-state index is 6.00. The van der Waals surface area contributed by atoms with Gasteiger partial charge in [0.2, 0.25) is 0 Å². The number of nitrogens with two attached hydrogens (primary N) is 1. The van der Waals surface area contributed by atoms with Gasteiger partial charge in [-0.3, -0.25) is 0 Å². The standard InChI is InChI=1S/C12H19N.ClH/c1-3-5-12(13)11-8-6-10(4-2)7-9-11;/h6-9,12H,3-5,13H2,1-2H3;1H/t12-;/m1./s1. The van der Waals surface area contributed by atoms with Crippen LogP contribution in [0, 0.1) is 0 Å². The van der Waals surface area contributed by atoms with Gasteiger partial charge in [-0.25, -0.2) is 0 Å². The molecule has 2 N–H and O–H groups in total. The zero-order valence-electron chi connectivity index (χ0n) is 8.99. The molecule has 0 saturated carbocycles. The van der Waals surface area contributed by atoms with E-state index in [2.05, 4.69) is 38.1 Å². The van der Waals surface area contributed by atoms with Crippen LogP contribution in [0.2, 0.25) is 0 Å². The Balaban J connectivity index is 0.00000169. The van der Waals surface area contributed by atoms with E-state index in [1.807, 2.05) is 0 Å². The first-order valence-electron chi connectivity index (χ1n) is 5.12. The van der Waals surface area contributed by atoms with Crippen molar-refractivity contribution >= 4 is 12.4 Å². The van der Waals surface area contributed by atoms with Crippen molar-refractivity contribution in [2.24, 2.45) is 5.73 Å². The molecule has 0 saturated heterocycles. The highest BCUT2D eigenvalue weighted by molar-refractivity contribution is 5.85. The van der Waals surface area contributed by atoms with Gasteiger partial charge in [0.25, 0.3) is 0 Å². The first kappa shape index (κ1) is 13.5. The van der Waals surface area contributed by atoms with E-state index in [-0.39, 0.29) is 18.4 Å². The lowest BCUT2D eigenvalue weighted by Crippen LogP contribution is -2.09. The first-order chi connectivity index (χ1) is 6.27. The fraction of sp³-hybridized carbons (Fsp3) is 0.500. The van der Waals surface area contributed by atoms with Crippen LogP contribution in [0.25, 0.3) is 0 Å². The molecule has 80 valence electrons. The number of rotatable bonds is 4. The van der Waals surface area contributed by atoms with Crippen LogP contribution < -0.4 is 5.73 Å². The summed E-state index contributed by atoms with van der Waals surface area (Å²) in [5, 5.41) is 0. The topological polar surface area (TPSA) is 26.0 Å². The molecule has 1 rings (SSSR count). The number of hydrogen-bond donors (Lipinski definition) is 1. The average Bonchev–Trinajstić information content (AvgIpc) is 2.18. The van der Waals surface area contributed by atoms with Gasteiger partial charge in [-0.15, -0.1) is 12.4 Å². The number of aryl methyl sites for hydroxylation is 1. The van der Waals surface area contributed by atoms with Crippen molar-refractivity contribution in [1.82, 2.24) is 0 Å². The molecule has 14 heavy (non-hydrogen) atoms. The van der Waals surface area contributed by atoms with Crippen LogP contribution >= 0.6 is 12.4 Å². The van der Waals surface area contributed by atoms with Crippen LogP contribution in [0.3, 0.4) is 0 Å². The Morgan fingerprint density at radius 2 is 1.71 bits per heavy atom. The lowest BCUT2D eigenvalue weighted by atomic mass is 10.0. The van der Waals surface area contributed by atoms with Gasteiger partial charge in [0.15, 0.2) is 0 Å². The second-order valence-electron chi connectivity index (χ2n) is 3.49. The minimum Gasteiger partial charge on any atom is -0.324 e. The van der Waals surface area contributed by atoms with Crippen molar-refractivity contribution in [2.75, 3.05) is 0 Å². The summed E-state index contributed by atoms with van der Waals surface area (Å²) in [6.45, 7) is 4.33. The van der Waals surface area contributed by atoms with Crippen LogP contribution in [0.4, 0.5) is 0 Å². The molecule has 0 aliphatic heterocycles. The highest BCUT2D eigenvalue weighted by atomic mass is 35.5. The van der Waals surface area contributed by atoms with Crippen molar-refractivity contribution in [2.45, 2.75) is 39.2 Å². The Hall–Kier alpha value is -0.530. The Labute approximate surface area is 93.1 Å². The Kier molecular flexibility index (Phi) is 6.60. The van der Waals surface area contributed by atoms with Crippen LogP contribution in [0.1, 0.15) is 43.9 Å². The lowest BCUT2D eigenvalue weighted by molar-refractivity contribution is 0.638. The maximum Gasteiger partial charge on any atom is 0.0294 e. The quantitative estimate of drug-likeness (QED) is 0.815. The van der Waals surface area contributed by atoms with Gasteiger partial charge in [-0.05, 0) is 24.0 Å². The van der Waals surface area contributed by atoms with E-state index in [0.717, 1.165) is 19.3 Å². The van der Waals surface area contributed by atoms with Gasteiger partial charge in [-0.2, -0.15) is 0 Å². The van der Waals surface area contributed by atoms with Gasteiger partial charge in [0.1, 0.15) is 0 Å². The molecule has 1 aromatic carbocycles. The summed E-state index contributed by atoms with van der Waals surface area (Å²) in [5.74, 6) is 0. The Morgan fingerprint density at radius 1 is 1.14 bits per heavy atom. The monoisotopic (exact) mass is 213 g/mol. The summed E-state index contributed by atoms with van der Waals surface area (Å²) in [5.41, 5.74) is 8.64. The van der Waals surface area contributed by atoms with Gasteiger partial charge in [0.05, 0.1) is 0 Å². The maximum absolute atomic E-state index is 6.00. The molecular formula is C12H20ClN. The predicted octanol–water partition coefficient (Wildman–Crippen LogP) is 3.47. The Morgan fingerprint density at radius 3 is 2.14 bits per heavy atom. The third-order valence-electron chi connectivity index (χ3n) is 2.42.